The molecule has 1 heterocycles. The molecule has 1 aromatic carbocycles. The van der Waals surface area contributed by atoms with Crippen LogP contribution in [0.5, 0.6) is 0 Å². The van der Waals surface area contributed by atoms with Crippen molar-refractivity contribution in [2.24, 2.45) is 5.73 Å². The van der Waals surface area contributed by atoms with Crippen LogP contribution in [-0.2, 0) is 16.6 Å². The molecule has 0 aliphatic carbocycles. The van der Waals surface area contributed by atoms with Gasteiger partial charge in [-0.1, -0.05) is 23.2 Å². The first-order valence-electron chi connectivity index (χ1n) is 6.12. The smallest absolute Gasteiger partial charge is 0.265 e. The number of nitrogens with two attached hydrogens (primary N) is 1. The second-order valence-electron chi connectivity index (χ2n) is 4.34. The molecule has 21 heavy (non-hydrogen) atoms. The number of hydrogen-bond acceptors (Lipinski definition) is 4. The van der Waals surface area contributed by atoms with Crippen molar-refractivity contribution in [3.05, 3.63) is 40.6 Å². The van der Waals surface area contributed by atoms with Crippen LogP contribution in [0.2, 0.25) is 10.0 Å². The first-order chi connectivity index (χ1) is 9.90. The van der Waals surface area contributed by atoms with Gasteiger partial charge in [0.05, 0.1) is 11.9 Å². The highest BCUT2D eigenvalue weighted by Crippen LogP contribution is 2.24. The van der Waals surface area contributed by atoms with Gasteiger partial charge in [0.1, 0.15) is 4.90 Å². The Morgan fingerprint density at radius 1 is 1.24 bits per heavy atom. The summed E-state index contributed by atoms with van der Waals surface area (Å²) in [5.74, 6) is 0. The van der Waals surface area contributed by atoms with Gasteiger partial charge in [0.2, 0.25) is 0 Å². The van der Waals surface area contributed by atoms with Gasteiger partial charge in [-0.2, -0.15) is 5.10 Å². The molecule has 9 heteroatoms. The van der Waals surface area contributed by atoms with Crippen LogP contribution in [0.4, 0.5) is 5.69 Å². The third-order valence-electron chi connectivity index (χ3n) is 2.63. The van der Waals surface area contributed by atoms with Gasteiger partial charge in [-0.15, -0.1) is 0 Å². The van der Waals surface area contributed by atoms with Crippen molar-refractivity contribution in [2.45, 2.75) is 17.9 Å². The minimum absolute atomic E-state index is 0.0654. The summed E-state index contributed by atoms with van der Waals surface area (Å²) >= 11 is 11.7. The number of halogens is 2. The monoisotopic (exact) mass is 348 g/mol. The molecule has 114 valence electrons. The average Bonchev–Trinajstić information content (AvgIpc) is 2.84. The second-order valence-corrected chi connectivity index (χ2v) is 6.90. The highest BCUT2D eigenvalue weighted by Gasteiger charge is 2.17. The number of aryl methyl sites for hydroxylation is 1. The molecule has 0 aliphatic rings. The Bertz CT molecular complexity index is 710. The third-order valence-corrected chi connectivity index (χ3v) is 4.40. The number of nitrogens with one attached hydrogen (secondary N) is 1. The van der Waals surface area contributed by atoms with Crippen LogP contribution in [0, 0.1) is 0 Å². The second kappa shape index (κ2) is 6.65. The fraction of sp³-hybridized carbons (Fsp3) is 0.250. The zero-order valence-electron chi connectivity index (χ0n) is 11.0. The SMILES string of the molecule is NCCCn1cc(S(=O)(=O)Nc2cc(Cl)cc(Cl)c2)cn1. The fourth-order valence-corrected chi connectivity index (χ4v) is 3.20. The predicted octanol–water partition coefficient (Wildman–Crippen LogP) is 2.34. The maximum Gasteiger partial charge on any atom is 0.265 e. The van der Waals surface area contributed by atoms with E-state index in [1.165, 1.54) is 35.3 Å². The zero-order valence-corrected chi connectivity index (χ0v) is 13.3. The Morgan fingerprint density at radius 2 is 1.90 bits per heavy atom. The summed E-state index contributed by atoms with van der Waals surface area (Å²) in [6.07, 6.45) is 3.45. The van der Waals surface area contributed by atoms with Gasteiger partial charge in [-0.3, -0.25) is 9.40 Å². The largest absolute Gasteiger partial charge is 0.330 e. The molecule has 0 spiro atoms. The summed E-state index contributed by atoms with van der Waals surface area (Å²) in [4.78, 5) is 0.0654. The van der Waals surface area contributed by atoms with E-state index in [-0.39, 0.29) is 4.90 Å². The lowest BCUT2D eigenvalue weighted by atomic mass is 10.3. The lowest BCUT2D eigenvalue weighted by Gasteiger charge is -2.07. The molecule has 0 amide bonds. The van der Waals surface area contributed by atoms with E-state index >= 15 is 0 Å². The number of anilines is 1. The maximum atomic E-state index is 12.2. The molecule has 0 atom stereocenters. The van der Waals surface area contributed by atoms with E-state index < -0.39 is 10.0 Å². The van der Waals surface area contributed by atoms with E-state index in [1.807, 2.05) is 0 Å². The number of rotatable bonds is 6. The van der Waals surface area contributed by atoms with Crippen molar-refractivity contribution in [3.8, 4) is 0 Å². The molecule has 0 aliphatic heterocycles. The summed E-state index contributed by atoms with van der Waals surface area (Å²) in [7, 11) is -3.73. The summed E-state index contributed by atoms with van der Waals surface area (Å²) in [6.45, 7) is 1.08. The Labute approximate surface area is 132 Å². The lowest BCUT2D eigenvalue weighted by Crippen LogP contribution is -2.12. The lowest BCUT2D eigenvalue weighted by molar-refractivity contribution is 0.582. The number of sulfonamides is 1. The Balaban J connectivity index is 2.19. The highest BCUT2D eigenvalue weighted by molar-refractivity contribution is 7.92. The normalized spacial score (nSPS) is 11.6. The molecule has 0 saturated heterocycles. The minimum Gasteiger partial charge on any atom is -0.330 e. The topological polar surface area (TPSA) is 90.0 Å². The molecule has 1 aromatic heterocycles. The van der Waals surface area contributed by atoms with E-state index in [4.69, 9.17) is 28.9 Å². The van der Waals surface area contributed by atoms with Crippen molar-refractivity contribution < 1.29 is 8.42 Å². The molecule has 0 radical (unpaired) electrons. The molecule has 0 fully saturated rings. The molecular formula is C12H14Cl2N4O2S. The van der Waals surface area contributed by atoms with Crippen molar-refractivity contribution in [2.75, 3.05) is 11.3 Å². The third kappa shape index (κ3) is 4.34. The Hall–Kier alpha value is -1.28. The molecular weight excluding hydrogens is 335 g/mol. The van der Waals surface area contributed by atoms with E-state index in [0.717, 1.165) is 6.42 Å². The van der Waals surface area contributed by atoms with Crippen molar-refractivity contribution in [1.29, 1.82) is 0 Å². The predicted molar refractivity (Wildman–Crippen MR) is 83.2 cm³/mol. The highest BCUT2D eigenvalue weighted by atomic mass is 35.5. The molecule has 2 rings (SSSR count). The molecule has 3 N–H and O–H groups in total. The van der Waals surface area contributed by atoms with Crippen molar-refractivity contribution in [1.82, 2.24) is 9.78 Å². The van der Waals surface area contributed by atoms with Crippen LogP contribution in [-0.4, -0.2) is 24.7 Å². The summed E-state index contributed by atoms with van der Waals surface area (Å²) < 4.78 is 28.4. The summed E-state index contributed by atoms with van der Waals surface area (Å²) in [5, 5.41) is 4.68. The standard InChI is InChI=1S/C12H14Cl2N4O2S/c13-9-4-10(14)6-11(5-9)17-21(19,20)12-7-16-18(8-12)3-1-2-15/h4-8,17H,1-3,15H2. The van der Waals surface area contributed by atoms with Crippen LogP contribution >= 0.6 is 23.2 Å². The van der Waals surface area contributed by atoms with Crippen LogP contribution in [0.3, 0.4) is 0 Å². The van der Waals surface area contributed by atoms with Gasteiger partial charge >= 0.3 is 0 Å². The van der Waals surface area contributed by atoms with Gasteiger partial charge < -0.3 is 5.73 Å². The Morgan fingerprint density at radius 3 is 2.52 bits per heavy atom. The fourth-order valence-electron chi connectivity index (χ4n) is 1.69. The zero-order chi connectivity index (χ0) is 15.5. The van der Waals surface area contributed by atoms with E-state index in [2.05, 4.69) is 9.82 Å². The van der Waals surface area contributed by atoms with E-state index in [1.54, 1.807) is 0 Å². The van der Waals surface area contributed by atoms with Crippen LogP contribution in [0.25, 0.3) is 0 Å². The van der Waals surface area contributed by atoms with Gasteiger partial charge in [0.15, 0.2) is 0 Å². The minimum atomic E-state index is -3.73. The Kier molecular flexibility index (Phi) is 5.10. The average molecular weight is 349 g/mol. The summed E-state index contributed by atoms with van der Waals surface area (Å²) in [5.41, 5.74) is 5.70. The van der Waals surface area contributed by atoms with Gasteiger partial charge in [-0.05, 0) is 31.2 Å². The number of benzene rings is 1. The van der Waals surface area contributed by atoms with Gasteiger partial charge in [-0.25, -0.2) is 8.42 Å². The summed E-state index contributed by atoms with van der Waals surface area (Å²) in [6, 6.07) is 4.47. The van der Waals surface area contributed by atoms with E-state index in [9.17, 15) is 8.42 Å². The number of hydrogen-bond donors (Lipinski definition) is 2. The number of nitrogens with zero attached hydrogens (tertiary/aromatic N) is 2. The maximum absolute atomic E-state index is 12.2. The molecule has 0 unspecified atom stereocenters. The molecule has 2 aromatic rings. The first kappa shape index (κ1) is 16.1. The molecule has 0 bridgehead atoms. The van der Waals surface area contributed by atoms with Crippen molar-refractivity contribution in [3.63, 3.8) is 0 Å². The number of aromatic nitrogens is 2. The van der Waals surface area contributed by atoms with Crippen LogP contribution < -0.4 is 10.5 Å². The van der Waals surface area contributed by atoms with Crippen LogP contribution in [0.1, 0.15) is 6.42 Å². The van der Waals surface area contributed by atoms with Gasteiger partial charge in [0.25, 0.3) is 10.0 Å². The first-order valence-corrected chi connectivity index (χ1v) is 8.36. The van der Waals surface area contributed by atoms with E-state index in [0.29, 0.717) is 28.8 Å². The molecule has 6 nitrogen and oxygen atoms in total. The quantitative estimate of drug-likeness (QED) is 0.838. The van der Waals surface area contributed by atoms with Gasteiger partial charge in [0, 0.05) is 22.8 Å². The van der Waals surface area contributed by atoms with Crippen molar-refractivity contribution >= 4 is 38.9 Å². The molecule has 0 saturated carbocycles. The van der Waals surface area contributed by atoms with Crippen LogP contribution in [0.15, 0.2) is 35.5 Å².